The van der Waals surface area contributed by atoms with E-state index in [4.69, 9.17) is 5.73 Å². The molecule has 2 heterocycles. The second kappa shape index (κ2) is 6.60. The molecule has 1 aliphatic heterocycles. The van der Waals surface area contributed by atoms with Crippen molar-refractivity contribution in [1.29, 1.82) is 0 Å². The number of anilines is 1. The summed E-state index contributed by atoms with van der Waals surface area (Å²) < 4.78 is 0. The highest BCUT2D eigenvalue weighted by molar-refractivity contribution is 5.77. The van der Waals surface area contributed by atoms with Crippen LogP contribution in [0.15, 0.2) is 48.8 Å². The first kappa shape index (κ1) is 14.6. The zero-order valence-electron chi connectivity index (χ0n) is 12.6. The molecule has 0 bridgehead atoms. The number of para-hydroxylation sites is 1. The summed E-state index contributed by atoms with van der Waals surface area (Å²) in [6, 6.07) is 12.0. The van der Waals surface area contributed by atoms with Crippen LogP contribution in [0.25, 0.3) is 0 Å². The van der Waals surface area contributed by atoms with Gasteiger partial charge in [0.1, 0.15) is 0 Å². The van der Waals surface area contributed by atoms with E-state index in [1.54, 1.807) is 12.4 Å². The molecule has 1 saturated heterocycles. The number of carbonyl (C=O) groups is 1. The fraction of sp³-hybridized carbons (Fsp3) is 0.333. The Hall–Kier alpha value is -2.36. The molecule has 2 N–H and O–H groups in total. The van der Waals surface area contributed by atoms with E-state index in [-0.39, 0.29) is 11.9 Å². The van der Waals surface area contributed by atoms with Crippen molar-refractivity contribution in [3.05, 3.63) is 59.9 Å². The topological polar surface area (TPSA) is 59.2 Å². The number of hydrogen-bond acceptors (Lipinski definition) is 3. The van der Waals surface area contributed by atoms with Crippen LogP contribution >= 0.6 is 0 Å². The molecule has 1 amide bonds. The second-order valence-electron chi connectivity index (χ2n) is 5.72. The lowest BCUT2D eigenvalue weighted by Crippen LogP contribution is -2.30. The van der Waals surface area contributed by atoms with Crippen LogP contribution in [0.3, 0.4) is 0 Å². The Bertz CT molecular complexity index is 642. The summed E-state index contributed by atoms with van der Waals surface area (Å²) in [6.45, 7) is 0.843. The van der Waals surface area contributed by atoms with Crippen molar-refractivity contribution in [1.82, 2.24) is 9.88 Å². The Morgan fingerprint density at radius 3 is 2.77 bits per heavy atom. The summed E-state index contributed by atoms with van der Waals surface area (Å²) >= 11 is 0. The Balaban J connectivity index is 1.65. The SMILES string of the molecule is Nc1ccccc1CCC(=O)N1CCCC1c1ccncc1. The highest BCUT2D eigenvalue weighted by Crippen LogP contribution is 2.32. The van der Waals surface area contributed by atoms with Gasteiger partial charge in [-0.3, -0.25) is 9.78 Å². The number of nitrogen functional groups attached to an aromatic ring is 1. The molecule has 4 heteroatoms. The van der Waals surface area contributed by atoms with Gasteiger partial charge in [0.25, 0.3) is 0 Å². The van der Waals surface area contributed by atoms with Gasteiger partial charge in [-0.2, -0.15) is 0 Å². The summed E-state index contributed by atoms with van der Waals surface area (Å²) in [6.07, 6.45) is 6.89. The summed E-state index contributed by atoms with van der Waals surface area (Å²) in [4.78, 5) is 18.6. The Morgan fingerprint density at radius 1 is 1.23 bits per heavy atom. The molecule has 2 aromatic rings. The van der Waals surface area contributed by atoms with E-state index >= 15 is 0 Å². The number of benzene rings is 1. The van der Waals surface area contributed by atoms with Crippen molar-refractivity contribution in [3.8, 4) is 0 Å². The highest BCUT2D eigenvalue weighted by Gasteiger charge is 2.29. The van der Waals surface area contributed by atoms with Crippen molar-refractivity contribution in [2.45, 2.75) is 31.7 Å². The van der Waals surface area contributed by atoms with Crippen LogP contribution < -0.4 is 5.73 Å². The molecule has 4 nitrogen and oxygen atoms in total. The number of pyridine rings is 1. The number of carbonyl (C=O) groups excluding carboxylic acids is 1. The lowest BCUT2D eigenvalue weighted by atomic mass is 10.0. The molecular weight excluding hydrogens is 274 g/mol. The lowest BCUT2D eigenvalue weighted by molar-refractivity contribution is -0.132. The fourth-order valence-corrected chi connectivity index (χ4v) is 3.14. The lowest BCUT2D eigenvalue weighted by Gasteiger charge is -2.25. The molecule has 0 radical (unpaired) electrons. The zero-order chi connectivity index (χ0) is 15.4. The maximum atomic E-state index is 12.6. The highest BCUT2D eigenvalue weighted by atomic mass is 16.2. The predicted octanol–water partition coefficient (Wildman–Crippen LogP) is 2.96. The molecule has 1 fully saturated rings. The van der Waals surface area contributed by atoms with Gasteiger partial charge in [0.15, 0.2) is 0 Å². The molecule has 1 atom stereocenters. The van der Waals surface area contributed by atoms with Crippen LogP contribution in [0, 0.1) is 0 Å². The molecule has 3 rings (SSSR count). The molecule has 22 heavy (non-hydrogen) atoms. The van der Waals surface area contributed by atoms with Crippen LogP contribution in [0.1, 0.15) is 36.4 Å². The van der Waals surface area contributed by atoms with Crippen molar-refractivity contribution in [2.75, 3.05) is 12.3 Å². The minimum absolute atomic E-state index is 0.198. The predicted molar refractivity (Wildman–Crippen MR) is 87.1 cm³/mol. The van der Waals surface area contributed by atoms with Crippen LogP contribution in [-0.4, -0.2) is 22.3 Å². The van der Waals surface area contributed by atoms with Crippen LogP contribution in [0.5, 0.6) is 0 Å². The van der Waals surface area contributed by atoms with Gasteiger partial charge < -0.3 is 10.6 Å². The summed E-state index contributed by atoms with van der Waals surface area (Å²) in [5, 5.41) is 0. The third kappa shape index (κ3) is 3.11. The van der Waals surface area contributed by atoms with E-state index in [2.05, 4.69) is 4.98 Å². The van der Waals surface area contributed by atoms with E-state index in [1.807, 2.05) is 41.3 Å². The Morgan fingerprint density at radius 2 is 2.00 bits per heavy atom. The Kier molecular flexibility index (Phi) is 4.37. The van der Waals surface area contributed by atoms with E-state index < -0.39 is 0 Å². The van der Waals surface area contributed by atoms with Crippen molar-refractivity contribution in [2.24, 2.45) is 0 Å². The molecule has 114 valence electrons. The molecule has 1 aliphatic rings. The van der Waals surface area contributed by atoms with Crippen LogP contribution in [0.2, 0.25) is 0 Å². The second-order valence-corrected chi connectivity index (χ2v) is 5.72. The number of likely N-dealkylation sites (tertiary alicyclic amines) is 1. The first-order valence-corrected chi connectivity index (χ1v) is 7.78. The van der Waals surface area contributed by atoms with Crippen molar-refractivity contribution in [3.63, 3.8) is 0 Å². The standard InChI is InChI=1S/C18H21N3O/c19-16-5-2-1-4-14(16)7-8-18(22)21-13-3-6-17(21)15-9-11-20-12-10-15/h1-2,4-5,9-12,17H,3,6-8,13,19H2. The fourth-order valence-electron chi connectivity index (χ4n) is 3.14. The first-order valence-electron chi connectivity index (χ1n) is 7.78. The maximum Gasteiger partial charge on any atom is 0.223 e. The number of aromatic nitrogens is 1. The van der Waals surface area contributed by atoms with Gasteiger partial charge in [-0.05, 0) is 48.6 Å². The van der Waals surface area contributed by atoms with Crippen molar-refractivity contribution >= 4 is 11.6 Å². The molecule has 1 aromatic carbocycles. The number of aryl methyl sites for hydroxylation is 1. The largest absolute Gasteiger partial charge is 0.399 e. The molecule has 0 spiro atoms. The zero-order valence-corrected chi connectivity index (χ0v) is 12.6. The summed E-state index contributed by atoms with van der Waals surface area (Å²) in [5.41, 5.74) is 8.94. The average molecular weight is 295 g/mol. The minimum Gasteiger partial charge on any atom is -0.399 e. The number of rotatable bonds is 4. The molecule has 0 saturated carbocycles. The van der Waals surface area contributed by atoms with Gasteiger partial charge in [0.05, 0.1) is 6.04 Å². The van der Waals surface area contributed by atoms with Gasteiger partial charge in [0.2, 0.25) is 5.91 Å². The molecule has 0 aliphatic carbocycles. The molecular formula is C18H21N3O. The molecule has 1 unspecified atom stereocenters. The minimum atomic E-state index is 0.198. The number of amides is 1. The van der Waals surface area contributed by atoms with E-state index in [1.165, 1.54) is 5.56 Å². The van der Waals surface area contributed by atoms with Gasteiger partial charge in [0, 0.05) is 31.0 Å². The third-order valence-corrected chi connectivity index (χ3v) is 4.33. The molecule has 1 aromatic heterocycles. The quantitative estimate of drug-likeness (QED) is 0.882. The van der Waals surface area contributed by atoms with E-state index in [9.17, 15) is 4.79 Å². The van der Waals surface area contributed by atoms with Crippen LogP contribution in [-0.2, 0) is 11.2 Å². The number of hydrogen-bond donors (Lipinski definition) is 1. The third-order valence-electron chi connectivity index (χ3n) is 4.33. The smallest absolute Gasteiger partial charge is 0.223 e. The van der Waals surface area contributed by atoms with Gasteiger partial charge in [-0.15, -0.1) is 0 Å². The van der Waals surface area contributed by atoms with Crippen molar-refractivity contribution < 1.29 is 4.79 Å². The number of nitrogens with zero attached hydrogens (tertiary/aromatic N) is 2. The monoisotopic (exact) mass is 295 g/mol. The van der Waals surface area contributed by atoms with E-state index in [0.717, 1.165) is 30.6 Å². The summed E-state index contributed by atoms with van der Waals surface area (Å²) in [7, 11) is 0. The van der Waals surface area contributed by atoms with Gasteiger partial charge >= 0.3 is 0 Å². The average Bonchev–Trinajstić information content (AvgIpc) is 3.04. The van der Waals surface area contributed by atoms with Gasteiger partial charge in [-0.1, -0.05) is 18.2 Å². The van der Waals surface area contributed by atoms with Crippen LogP contribution in [0.4, 0.5) is 5.69 Å². The Labute approximate surface area is 131 Å². The number of nitrogens with two attached hydrogens (primary N) is 1. The van der Waals surface area contributed by atoms with E-state index in [0.29, 0.717) is 12.8 Å². The van der Waals surface area contributed by atoms with Gasteiger partial charge in [-0.25, -0.2) is 0 Å². The maximum absolute atomic E-state index is 12.6. The normalized spacial score (nSPS) is 17.6. The summed E-state index contributed by atoms with van der Waals surface area (Å²) in [5.74, 6) is 0.211. The first-order chi connectivity index (χ1) is 10.8.